The van der Waals surface area contributed by atoms with Crippen molar-refractivity contribution >= 4 is 27.3 Å². The zero-order valence-corrected chi connectivity index (χ0v) is 6.21. The van der Waals surface area contributed by atoms with Crippen LogP contribution in [0.25, 0.3) is 0 Å². The van der Waals surface area contributed by atoms with Crippen molar-refractivity contribution in [3.63, 3.8) is 0 Å². The van der Waals surface area contributed by atoms with E-state index in [2.05, 4.69) is 22.0 Å². The van der Waals surface area contributed by atoms with E-state index < -0.39 is 0 Å². The van der Waals surface area contributed by atoms with Crippen LogP contribution in [-0.2, 0) is 0 Å². The Hall–Kier alpha value is -0.330. The van der Waals surface area contributed by atoms with Gasteiger partial charge in [0.05, 0.1) is 3.79 Å². The Morgan fingerprint density at radius 2 is 2.62 bits per heavy atom. The lowest BCUT2D eigenvalue weighted by Gasteiger charge is -1.67. The van der Waals surface area contributed by atoms with Crippen LogP contribution >= 0.6 is 27.3 Å². The monoisotopic (exact) mass is 186 g/mol. The third kappa shape index (κ3) is 1.09. The van der Waals surface area contributed by atoms with Crippen LogP contribution in [0, 0.1) is 17.4 Å². The van der Waals surface area contributed by atoms with Crippen LogP contribution in [0.5, 0.6) is 0 Å². The van der Waals surface area contributed by atoms with E-state index >= 15 is 0 Å². The molecule has 0 saturated carbocycles. The first-order chi connectivity index (χ1) is 3.83. The highest BCUT2D eigenvalue weighted by Crippen LogP contribution is 2.19. The Balaban J connectivity index is 3.05. The van der Waals surface area contributed by atoms with Crippen molar-refractivity contribution in [1.29, 1.82) is 5.26 Å². The molecule has 0 aliphatic heterocycles. The Morgan fingerprint density at radius 1 is 1.88 bits per heavy atom. The van der Waals surface area contributed by atoms with Crippen LogP contribution in [-0.4, -0.2) is 0 Å². The molecule has 1 radical (unpaired) electrons. The van der Waals surface area contributed by atoms with Crippen LogP contribution in [0.4, 0.5) is 0 Å². The second kappa shape index (κ2) is 2.29. The van der Waals surface area contributed by atoms with Gasteiger partial charge in [-0.3, -0.25) is 0 Å². The Labute approximate surface area is 59.7 Å². The van der Waals surface area contributed by atoms with Crippen molar-refractivity contribution < 1.29 is 0 Å². The van der Waals surface area contributed by atoms with Gasteiger partial charge in [-0.1, -0.05) is 0 Å². The third-order valence-electron chi connectivity index (χ3n) is 0.618. The molecule has 0 unspecified atom stereocenters. The van der Waals surface area contributed by atoms with Crippen molar-refractivity contribution in [1.82, 2.24) is 0 Å². The summed E-state index contributed by atoms with van der Waals surface area (Å²) in [4.78, 5) is 0.622. The van der Waals surface area contributed by atoms with Gasteiger partial charge in [0.2, 0.25) is 0 Å². The summed E-state index contributed by atoms with van der Waals surface area (Å²) in [6.07, 6.45) is 0. The number of halogens is 1. The summed E-state index contributed by atoms with van der Waals surface area (Å²) in [6.45, 7) is 0. The molecule has 0 atom stereocenters. The van der Waals surface area contributed by atoms with E-state index in [0.29, 0.717) is 4.88 Å². The van der Waals surface area contributed by atoms with Crippen molar-refractivity contribution in [3.8, 4) is 6.07 Å². The first-order valence-electron chi connectivity index (χ1n) is 1.90. The minimum Gasteiger partial charge on any atom is -0.192 e. The first kappa shape index (κ1) is 5.80. The van der Waals surface area contributed by atoms with Gasteiger partial charge in [-0.2, -0.15) is 5.26 Å². The molecule has 39 valence electrons. The SMILES string of the molecule is N#Cc1[c]cc(Br)s1. The fraction of sp³-hybridized carbons (Fsp3) is 0. The molecule has 0 fully saturated rings. The summed E-state index contributed by atoms with van der Waals surface area (Å²) in [6, 6.07) is 6.49. The van der Waals surface area contributed by atoms with Crippen LogP contribution < -0.4 is 0 Å². The van der Waals surface area contributed by atoms with Crippen LogP contribution in [0.15, 0.2) is 9.85 Å². The summed E-state index contributed by atoms with van der Waals surface area (Å²) in [5, 5.41) is 8.26. The molecule has 1 nitrogen and oxygen atoms in total. The molecule has 1 rings (SSSR count). The minimum atomic E-state index is 0.622. The molecular formula is C5HBrNS. The second-order valence-electron chi connectivity index (χ2n) is 1.14. The topological polar surface area (TPSA) is 23.8 Å². The van der Waals surface area contributed by atoms with E-state index in [1.54, 1.807) is 6.07 Å². The molecule has 0 aliphatic carbocycles. The van der Waals surface area contributed by atoms with Crippen LogP contribution in [0.2, 0.25) is 0 Å². The average Bonchev–Trinajstić information content (AvgIpc) is 2.14. The van der Waals surface area contributed by atoms with Crippen molar-refractivity contribution in [2.24, 2.45) is 0 Å². The van der Waals surface area contributed by atoms with Crippen LogP contribution in [0.3, 0.4) is 0 Å². The zero-order valence-electron chi connectivity index (χ0n) is 3.81. The smallest absolute Gasteiger partial charge is 0.113 e. The van der Waals surface area contributed by atoms with Crippen molar-refractivity contribution in [2.75, 3.05) is 0 Å². The van der Waals surface area contributed by atoms with Gasteiger partial charge in [0.15, 0.2) is 0 Å². The molecule has 0 amide bonds. The van der Waals surface area contributed by atoms with Gasteiger partial charge in [0, 0.05) is 6.07 Å². The summed E-state index contributed by atoms with van der Waals surface area (Å²) in [5.74, 6) is 0. The van der Waals surface area contributed by atoms with Gasteiger partial charge >= 0.3 is 0 Å². The van der Waals surface area contributed by atoms with Gasteiger partial charge in [-0.05, 0) is 22.0 Å². The molecule has 1 heterocycles. The molecule has 0 N–H and O–H groups in total. The van der Waals surface area contributed by atoms with E-state index in [1.807, 2.05) is 6.07 Å². The third-order valence-corrected chi connectivity index (χ3v) is 2.06. The van der Waals surface area contributed by atoms with Crippen molar-refractivity contribution in [2.45, 2.75) is 0 Å². The highest BCUT2D eigenvalue weighted by Gasteiger charge is 1.92. The predicted octanol–water partition coefficient (Wildman–Crippen LogP) is 2.18. The van der Waals surface area contributed by atoms with Crippen LogP contribution in [0.1, 0.15) is 4.88 Å². The fourth-order valence-electron chi connectivity index (χ4n) is 0.334. The second-order valence-corrected chi connectivity index (χ2v) is 3.57. The van der Waals surface area contributed by atoms with Crippen molar-refractivity contribution in [3.05, 3.63) is 20.8 Å². The zero-order chi connectivity index (χ0) is 5.98. The lowest BCUT2D eigenvalue weighted by molar-refractivity contribution is 1.52. The molecule has 1 aromatic heterocycles. The minimum absolute atomic E-state index is 0.622. The largest absolute Gasteiger partial charge is 0.192 e. The lowest BCUT2D eigenvalue weighted by atomic mass is 10.5. The fourth-order valence-corrected chi connectivity index (χ4v) is 1.41. The number of nitrogens with zero attached hydrogens (tertiary/aromatic N) is 1. The maximum atomic E-state index is 8.26. The van der Waals surface area contributed by atoms with Gasteiger partial charge in [-0.25, -0.2) is 0 Å². The Morgan fingerprint density at radius 3 is 2.88 bits per heavy atom. The van der Waals surface area contributed by atoms with E-state index in [4.69, 9.17) is 5.26 Å². The summed E-state index contributed by atoms with van der Waals surface area (Å²) < 4.78 is 0.953. The van der Waals surface area contributed by atoms with E-state index in [1.165, 1.54) is 11.3 Å². The predicted molar refractivity (Wildman–Crippen MR) is 35.6 cm³/mol. The van der Waals surface area contributed by atoms with E-state index in [-0.39, 0.29) is 0 Å². The summed E-state index contributed by atoms with van der Waals surface area (Å²) in [5.41, 5.74) is 0. The normalized spacial score (nSPS) is 8.50. The number of hydrogen-bond acceptors (Lipinski definition) is 2. The molecule has 0 spiro atoms. The maximum Gasteiger partial charge on any atom is 0.113 e. The standard InChI is InChI=1S/C5HBrNS/c6-5-2-1-4(3-7)8-5/h2H. The summed E-state index contributed by atoms with van der Waals surface area (Å²) >= 11 is 4.60. The molecule has 0 bridgehead atoms. The number of nitriles is 1. The Kier molecular flexibility index (Phi) is 1.66. The quantitative estimate of drug-likeness (QED) is 0.610. The van der Waals surface area contributed by atoms with E-state index in [9.17, 15) is 0 Å². The van der Waals surface area contributed by atoms with Gasteiger partial charge in [0.1, 0.15) is 10.9 Å². The molecule has 0 aliphatic rings. The Bertz CT molecular complexity index is 223. The summed E-state index contributed by atoms with van der Waals surface area (Å²) in [7, 11) is 0. The average molecular weight is 187 g/mol. The highest BCUT2D eigenvalue weighted by atomic mass is 79.9. The molecule has 8 heavy (non-hydrogen) atoms. The molecule has 0 saturated heterocycles. The molecule has 0 aromatic carbocycles. The highest BCUT2D eigenvalue weighted by molar-refractivity contribution is 9.11. The maximum absolute atomic E-state index is 8.26. The van der Waals surface area contributed by atoms with Gasteiger partial charge < -0.3 is 0 Å². The first-order valence-corrected chi connectivity index (χ1v) is 3.51. The molecule has 3 heteroatoms. The van der Waals surface area contributed by atoms with Gasteiger partial charge in [-0.15, -0.1) is 11.3 Å². The number of hydrogen-bond donors (Lipinski definition) is 0. The molecule has 1 aromatic rings. The number of rotatable bonds is 0. The molecular weight excluding hydrogens is 186 g/mol. The number of thiophene rings is 1. The lowest BCUT2D eigenvalue weighted by Crippen LogP contribution is -1.51. The van der Waals surface area contributed by atoms with Gasteiger partial charge in [0.25, 0.3) is 0 Å². The van der Waals surface area contributed by atoms with E-state index in [0.717, 1.165) is 3.79 Å².